The SMILES string of the molecule is C[C@@H](Nc1ccnc2cnc(N3CCCS3(=O)=O)cc12)c1cccc(C(F)F)c1F. The molecule has 0 saturated carbocycles. The third kappa shape index (κ3) is 3.67. The number of rotatable bonds is 5. The van der Waals surface area contributed by atoms with Crippen molar-refractivity contribution in [1.82, 2.24) is 9.97 Å². The number of anilines is 2. The number of sulfonamides is 1. The van der Waals surface area contributed by atoms with Crippen molar-refractivity contribution in [2.24, 2.45) is 0 Å². The number of nitrogens with one attached hydrogen (secondary N) is 1. The molecule has 158 valence electrons. The predicted molar refractivity (Wildman–Crippen MR) is 109 cm³/mol. The smallest absolute Gasteiger partial charge is 0.266 e. The molecular weight excluding hydrogens is 417 g/mol. The van der Waals surface area contributed by atoms with E-state index in [-0.39, 0.29) is 17.1 Å². The molecule has 3 aromatic rings. The van der Waals surface area contributed by atoms with Crippen molar-refractivity contribution in [3.05, 3.63) is 59.7 Å². The predicted octanol–water partition coefficient (Wildman–Crippen LogP) is 4.42. The second kappa shape index (κ2) is 7.75. The average molecular weight is 436 g/mol. The molecule has 10 heteroatoms. The van der Waals surface area contributed by atoms with Gasteiger partial charge in [-0.05, 0) is 25.5 Å². The fourth-order valence-electron chi connectivity index (χ4n) is 3.58. The Hall–Kier alpha value is -2.88. The maximum Gasteiger partial charge on any atom is 0.266 e. The van der Waals surface area contributed by atoms with Gasteiger partial charge in [0.2, 0.25) is 10.0 Å². The monoisotopic (exact) mass is 436 g/mol. The standard InChI is InChI=1S/C20H19F3N4O2S/c1-12(13-4-2-5-14(19(13)21)20(22)23)26-16-6-7-24-17-11-25-18(10-15(16)17)27-8-3-9-30(27,28)29/h2,4-7,10-12,20H,3,8-9H2,1H3,(H,24,26)/t12-/m1/s1. The second-order valence-corrected chi connectivity index (χ2v) is 9.09. The summed E-state index contributed by atoms with van der Waals surface area (Å²) in [6.45, 7) is 2.01. The van der Waals surface area contributed by atoms with E-state index in [2.05, 4.69) is 15.3 Å². The Morgan fingerprint density at radius 2 is 1.93 bits per heavy atom. The molecule has 6 nitrogen and oxygen atoms in total. The van der Waals surface area contributed by atoms with Crippen LogP contribution in [0.3, 0.4) is 0 Å². The normalized spacial score (nSPS) is 16.9. The zero-order valence-corrected chi connectivity index (χ0v) is 16.8. The highest BCUT2D eigenvalue weighted by molar-refractivity contribution is 7.93. The lowest BCUT2D eigenvalue weighted by Gasteiger charge is -2.20. The molecular formula is C20H19F3N4O2S. The van der Waals surface area contributed by atoms with Gasteiger partial charge in [0.15, 0.2) is 0 Å². The van der Waals surface area contributed by atoms with E-state index in [9.17, 15) is 21.6 Å². The Kier molecular flexibility index (Phi) is 5.27. The Morgan fingerprint density at radius 3 is 2.63 bits per heavy atom. The molecule has 1 N–H and O–H groups in total. The number of fused-ring (bicyclic) bond motifs is 1. The van der Waals surface area contributed by atoms with Crippen LogP contribution < -0.4 is 9.62 Å². The van der Waals surface area contributed by atoms with Crippen molar-refractivity contribution in [2.75, 3.05) is 21.9 Å². The summed E-state index contributed by atoms with van der Waals surface area (Å²) in [6, 6.07) is 6.56. The van der Waals surface area contributed by atoms with E-state index in [0.29, 0.717) is 29.6 Å². The molecule has 30 heavy (non-hydrogen) atoms. The summed E-state index contributed by atoms with van der Waals surface area (Å²) in [5, 5.41) is 3.72. The first-order chi connectivity index (χ1) is 14.3. The minimum atomic E-state index is -3.40. The summed E-state index contributed by atoms with van der Waals surface area (Å²) >= 11 is 0. The van der Waals surface area contributed by atoms with Gasteiger partial charge in [0, 0.05) is 29.4 Å². The Morgan fingerprint density at radius 1 is 1.17 bits per heavy atom. The largest absolute Gasteiger partial charge is 0.378 e. The summed E-state index contributed by atoms with van der Waals surface area (Å²) in [5.74, 6) is -0.590. The lowest BCUT2D eigenvalue weighted by Crippen LogP contribution is -2.25. The van der Waals surface area contributed by atoms with Gasteiger partial charge in [-0.25, -0.2) is 26.6 Å². The number of hydrogen-bond acceptors (Lipinski definition) is 5. The average Bonchev–Trinajstić information content (AvgIpc) is 3.06. The number of pyridine rings is 2. The molecule has 1 aliphatic heterocycles. The van der Waals surface area contributed by atoms with Crippen LogP contribution in [0.5, 0.6) is 0 Å². The van der Waals surface area contributed by atoms with Gasteiger partial charge in [-0.15, -0.1) is 0 Å². The van der Waals surface area contributed by atoms with Crippen molar-refractivity contribution in [3.63, 3.8) is 0 Å². The van der Waals surface area contributed by atoms with Crippen LogP contribution in [0.25, 0.3) is 10.9 Å². The van der Waals surface area contributed by atoms with E-state index in [0.717, 1.165) is 6.07 Å². The Bertz CT molecular complexity index is 1200. The van der Waals surface area contributed by atoms with Crippen molar-refractivity contribution in [3.8, 4) is 0 Å². The minimum absolute atomic E-state index is 0.0711. The first-order valence-electron chi connectivity index (χ1n) is 9.36. The molecule has 1 aliphatic rings. The molecule has 0 unspecified atom stereocenters. The van der Waals surface area contributed by atoms with E-state index in [1.54, 1.807) is 19.1 Å². The van der Waals surface area contributed by atoms with Crippen LogP contribution in [-0.4, -0.2) is 30.7 Å². The summed E-state index contributed by atoms with van der Waals surface area (Å²) in [5.41, 5.74) is 0.546. The molecule has 2 aromatic heterocycles. The minimum Gasteiger partial charge on any atom is -0.378 e. The van der Waals surface area contributed by atoms with E-state index < -0.39 is 33.9 Å². The second-order valence-electron chi connectivity index (χ2n) is 7.08. The topological polar surface area (TPSA) is 75.2 Å². The molecule has 1 atom stereocenters. The molecule has 1 fully saturated rings. The van der Waals surface area contributed by atoms with E-state index >= 15 is 0 Å². The van der Waals surface area contributed by atoms with Gasteiger partial charge in [0.05, 0.1) is 29.1 Å². The first kappa shape index (κ1) is 20.4. The van der Waals surface area contributed by atoms with Gasteiger partial charge in [-0.2, -0.15) is 0 Å². The number of halogens is 3. The molecule has 0 aliphatic carbocycles. The third-order valence-electron chi connectivity index (χ3n) is 5.10. The maximum atomic E-state index is 14.5. The van der Waals surface area contributed by atoms with Crippen molar-refractivity contribution >= 4 is 32.4 Å². The quantitative estimate of drug-likeness (QED) is 0.641. The van der Waals surface area contributed by atoms with Crippen LogP contribution in [0.15, 0.2) is 42.7 Å². The van der Waals surface area contributed by atoms with E-state index in [4.69, 9.17) is 0 Å². The number of aromatic nitrogens is 2. The molecule has 1 aromatic carbocycles. The summed E-state index contributed by atoms with van der Waals surface area (Å²) < 4.78 is 66.3. The van der Waals surface area contributed by atoms with Gasteiger partial charge in [-0.3, -0.25) is 9.29 Å². The maximum absolute atomic E-state index is 14.5. The fraction of sp³-hybridized carbons (Fsp3) is 0.300. The highest BCUT2D eigenvalue weighted by Crippen LogP contribution is 2.32. The summed E-state index contributed by atoms with van der Waals surface area (Å²) in [6.07, 6.45) is 0.635. The van der Waals surface area contributed by atoms with Gasteiger partial charge >= 0.3 is 0 Å². The lowest BCUT2D eigenvalue weighted by atomic mass is 10.0. The molecule has 0 spiro atoms. The zero-order valence-electron chi connectivity index (χ0n) is 16.0. The van der Waals surface area contributed by atoms with E-state index in [1.807, 2.05) is 0 Å². The van der Waals surface area contributed by atoms with Crippen LogP contribution >= 0.6 is 0 Å². The zero-order chi connectivity index (χ0) is 21.5. The van der Waals surface area contributed by atoms with Gasteiger partial charge in [0.25, 0.3) is 6.43 Å². The van der Waals surface area contributed by atoms with Crippen LogP contribution in [0, 0.1) is 5.82 Å². The number of benzene rings is 1. The molecule has 3 heterocycles. The highest BCUT2D eigenvalue weighted by atomic mass is 32.2. The Balaban J connectivity index is 1.71. The molecule has 1 saturated heterocycles. The Labute approximate surface area is 171 Å². The molecule has 4 rings (SSSR count). The van der Waals surface area contributed by atoms with Crippen molar-refractivity contribution in [1.29, 1.82) is 0 Å². The van der Waals surface area contributed by atoms with E-state index in [1.165, 1.54) is 28.8 Å². The number of nitrogens with zero attached hydrogens (tertiary/aromatic N) is 3. The van der Waals surface area contributed by atoms with Crippen LogP contribution in [0.2, 0.25) is 0 Å². The summed E-state index contributed by atoms with van der Waals surface area (Å²) in [7, 11) is -3.40. The number of hydrogen-bond donors (Lipinski definition) is 1. The van der Waals surface area contributed by atoms with Gasteiger partial charge in [-0.1, -0.05) is 18.2 Å². The highest BCUT2D eigenvalue weighted by Gasteiger charge is 2.29. The molecule has 0 bridgehead atoms. The van der Waals surface area contributed by atoms with Crippen LogP contribution in [-0.2, 0) is 10.0 Å². The number of alkyl halides is 2. The van der Waals surface area contributed by atoms with Crippen molar-refractivity contribution in [2.45, 2.75) is 25.8 Å². The van der Waals surface area contributed by atoms with Crippen LogP contribution in [0.1, 0.15) is 36.9 Å². The van der Waals surface area contributed by atoms with Crippen molar-refractivity contribution < 1.29 is 21.6 Å². The van der Waals surface area contributed by atoms with Crippen LogP contribution in [0.4, 0.5) is 24.7 Å². The molecule has 0 radical (unpaired) electrons. The fourth-order valence-corrected chi connectivity index (χ4v) is 5.09. The lowest BCUT2D eigenvalue weighted by molar-refractivity contribution is 0.146. The third-order valence-corrected chi connectivity index (χ3v) is 6.95. The van der Waals surface area contributed by atoms with Gasteiger partial charge in [0.1, 0.15) is 11.6 Å². The first-order valence-corrected chi connectivity index (χ1v) is 11.0. The molecule has 0 amide bonds. The summed E-state index contributed by atoms with van der Waals surface area (Å²) in [4.78, 5) is 8.46. The van der Waals surface area contributed by atoms with Gasteiger partial charge < -0.3 is 5.32 Å².